The minimum Gasteiger partial charge on any atom is -0.369 e. The Morgan fingerprint density at radius 3 is 2.37 bits per heavy atom. The monoisotopic (exact) mass is 471 g/mol. The Morgan fingerprint density at radius 1 is 1.07 bits per heavy atom. The minimum absolute atomic E-state index is 0.183. The van der Waals surface area contributed by atoms with Gasteiger partial charge in [0.1, 0.15) is 0 Å². The Morgan fingerprint density at radius 2 is 1.78 bits per heavy atom. The summed E-state index contributed by atoms with van der Waals surface area (Å²) >= 11 is 2.29. The number of imidazole rings is 1. The fourth-order valence-corrected chi connectivity index (χ4v) is 3.95. The molecule has 1 aromatic heterocycles. The predicted molar refractivity (Wildman–Crippen MR) is 113 cm³/mol. The molecule has 1 aliphatic heterocycles. The van der Waals surface area contributed by atoms with Crippen LogP contribution in [0.3, 0.4) is 0 Å². The van der Waals surface area contributed by atoms with E-state index in [0.29, 0.717) is 5.82 Å². The summed E-state index contributed by atoms with van der Waals surface area (Å²) in [5.41, 5.74) is 7.57. The molecule has 0 bridgehead atoms. The predicted octanol–water partition coefficient (Wildman–Crippen LogP) is 2.72. The van der Waals surface area contributed by atoms with E-state index in [2.05, 4.69) is 44.7 Å². The molecule has 1 atom stereocenters. The van der Waals surface area contributed by atoms with E-state index in [0.717, 1.165) is 20.3 Å². The van der Waals surface area contributed by atoms with Crippen molar-refractivity contribution in [3.8, 4) is 11.1 Å². The number of guanidine groups is 1. The van der Waals surface area contributed by atoms with E-state index >= 15 is 0 Å². The summed E-state index contributed by atoms with van der Waals surface area (Å²) in [6, 6.07) is 16.1. The average molecular weight is 471 g/mol. The molecular weight excluding hydrogens is 453 g/mol. The third kappa shape index (κ3) is 2.73. The lowest BCUT2D eigenvalue weighted by Gasteiger charge is -2.25. The number of aryl methyl sites for hydroxylation is 1. The first kappa shape index (κ1) is 17.7. The van der Waals surface area contributed by atoms with Gasteiger partial charge in [-0.2, -0.15) is 0 Å². The summed E-state index contributed by atoms with van der Waals surface area (Å²) in [6.07, 6.45) is 3.47. The second-order valence-electron chi connectivity index (χ2n) is 6.50. The molecule has 0 radical (unpaired) electrons. The zero-order valence-corrected chi connectivity index (χ0v) is 17.1. The third-order valence-corrected chi connectivity index (χ3v) is 5.49. The van der Waals surface area contributed by atoms with Crippen LogP contribution in [-0.2, 0) is 17.4 Å². The first-order valence-electron chi connectivity index (χ1n) is 8.41. The lowest BCUT2D eigenvalue weighted by Crippen LogP contribution is -2.42. The van der Waals surface area contributed by atoms with Crippen molar-refractivity contribution in [1.82, 2.24) is 14.5 Å². The van der Waals surface area contributed by atoms with Gasteiger partial charge in [0.2, 0.25) is 5.54 Å². The zero-order valence-electron chi connectivity index (χ0n) is 14.9. The van der Waals surface area contributed by atoms with E-state index in [4.69, 9.17) is 5.73 Å². The van der Waals surface area contributed by atoms with Crippen LogP contribution in [0.25, 0.3) is 11.1 Å². The highest BCUT2D eigenvalue weighted by molar-refractivity contribution is 14.1. The van der Waals surface area contributed by atoms with E-state index in [-0.39, 0.29) is 11.9 Å². The number of nitrogens with two attached hydrogens (primary N) is 1. The Bertz CT molecular complexity index is 1070. The first-order chi connectivity index (χ1) is 12.9. The van der Waals surface area contributed by atoms with Gasteiger partial charge in [-0.3, -0.25) is 9.69 Å². The summed E-state index contributed by atoms with van der Waals surface area (Å²) in [6.45, 7) is 0. The van der Waals surface area contributed by atoms with Crippen LogP contribution in [0.15, 0.2) is 65.9 Å². The molecule has 1 aliphatic rings. The standard InChI is InChI=1S/C20H18IN5O/c1-25-10-9-23-17(25)20(18(27)26(2)19(22)24-20)15-7-3-5-13(11-15)14-6-4-8-16(21)12-14/h3-12H,1-2H3,(H2,22,24). The van der Waals surface area contributed by atoms with Crippen molar-refractivity contribution in [3.05, 3.63) is 75.9 Å². The molecule has 1 unspecified atom stereocenters. The van der Waals surface area contributed by atoms with Crippen LogP contribution in [0, 0.1) is 3.57 Å². The van der Waals surface area contributed by atoms with E-state index in [9.17, 15) is 4.79 Å². The second kappa shape index (κ2) is 6.49. The van der Waals surface area contributed by atoms with E-state index < -0.39 is 5.54 Å². The van der Waals surface area contributed by atoms with Gasteiger partial charge in [0.05, 0.1) is 0 Å². The lowest BCUT2D eigenvalue weighted by atomic mass is 9.87. The highest BCUT2D eigenvalue weighted by Gasteiger charge is 2.52. The summed E-state index contributed by atoms with van der Waals surface area (Å²) in [4.78, 5) is 23.7. The second-order valence-corrected chi connectivity index (χ2v) is 7.74. The molecule has 4 rings (SSSR count). The number of nitrogens with zero attached hydrogens (tertiary/aromatic N) is 4. The van der Waals surface area contributed by atoms with E-state index in [1.165, 1.54) is 4.90 Å². The molecule has 6 nitrogen and oxygen atoms in total. The smallest absolute Gasteiger partial charge is 0.269 e. The Balaban J connectivity index is 1.95. The number of aromatic nitrogens is 2. The molecule has 7 heteroatoms. The van der Waals surface area contributed by atoms with Crippen LogP contribution in [0.5, 0.6) is 0 Å². The fourth-order valence-electron chi connectivity index (χ4n) is 3.41. The number of rotatable bonds is 3. The van der Waals surface area contributed by atoms with Gasteiger partial charge in [-0.05, 0) is 57.5 Å². The van der Waals surface area contributed by atoms with Gasteiger partial charge in [0.25, 0.3) is 5.91 Å². The maximum atomic E-state index is 13.3. The minimum atomic E-state index is -1.28. The van der Waals surface area contributed by atoms with Crippen molar-refractivity contribution in [1.29, 1.82) is 0 Å². The van der Waals surface area contributed by atoms with E-state index in [1.807, 2.05) is 48.0 Å². The van der Waals surface area contributed by atoms with Crippen molar-refractivity contribution in [3.63, 3.8) is 0 Å². The number of carbonyl (C=O) groups excluding carboxylic acids is 1. The number of carbonyl (C=O) groups is 1. The highest BCUT2D eigenvalue weighted by Crippen LogP contribution is 2.39. The molecule has 136 valence electrons. The molecule has 2 heterocycles. The number of hydrogen-bond acceptors (Lipinski definition) is 4. The molecule has 0 saturated heterocycles. The van der Waals surface area contributed by atoms with Crippen molar-refractivity contribution < 1.29 is 4.79 Å². The quantitative estimate of drug-likeness (QED) is 0.597. The van der Waals surface area contributed by atoms with Crippen molar-refractivity contribution in [2.24, 2.45) is 17.8 Å². The van der Waals surface area contributed by atoms with Gasteiger partial charge in [0, 0.05) is 30.1 Å². The average Bonchev–Trinajstić information content (AvgIpc) is 3.19. The van der Waals surface area contributed by atoms with Gasteiger partial charge in [0.15, 0.2) is 11.8 Å². The number of likely N-dealkylation sites (N-methyl/N-ethyl adjacent to an activating group) is 1. The van der Waals surface area contributed by atoms with E-state index in [1.54, 1.807) is 19.4 Å². The summed E-state index contributed by atoms with van der Waals surface area (Å²) in [5, 5.41) is 0. The number of halogens is 1. The fraction of sp³-hybridized carbons (Fsp3) is 0.150. The van der Waals surface area contributed by atoms with Crippen LogP contribution in [0.2, 0.25) is 0 Å². The Kier molecular flexibility index (Phi) is 4.26. The summed E-state index contributed by atoms with van der Waals surface area (Å²) in [5.74, 6) is 0.511. The highest BCUT2D eigenvalue weighted by atomic mass is 127. The molecule has 27 heavy (non-hydrogen) atoms. The van der Waals surface area contributed by atoms with Crippen molar-refractivity contribution >= 4 is 34.5 Å². The zero-order chi connectivity index (χ0) is 19.2. The van der Waals surface area contributed by atoms with Crippen LogP contribution >= 0.6 is 22.6 Å². The molecule has 0 fully saturated rings. The van der Waals surface area contributed by atoms with Gasteiger partial charge in [-0.1, -0.05) is 30.3 Å². The van der Waals surface area contributed by atoms with Crippen molar-refractivity contribution in [2.75, 3.05) is 7.05 Å². The van der Waals surface area contributed by atoms with Crippen LogP contribution in [0.4, 0.5) is 0 Å². The summed E-state index contributed by atoms with van der Waals surface area (Å²) in [7, 11) is 3.49. The van der Waals surface area contributed by atoms with Crippen LogP contribution in [0.1, 0.15) is 11.4 Å². The first-order valence-corrected chi connectivity index (χ1v) is 9.49. The van der Waals surface area contributed by atoms with Crippen LogP contribution in [-0.4, -0.2) is 33.4 Å². The normalized spacial score (nSPS) is 19.4. The number of benzene rings is 2. The Labute approximate surface area is 170 Å². The topological polar surface area (TPSA) is 76.5 Å². The van der Waals surface area contributed by atoms with Crippen molar-refractivity contribution in [2.45, 2.75) is 5.54 Å². The molecule has 2 N–H and O–H groups in total. The number of amides is 1. The summed E-state index contributed by atoms with van der Waals surface area (Å²) < 4.78 is 2.96. The SMILES string of the molecule is CN1C(=O)C(c2cccc(-c3cccc(I)c3)c2)(c2nccn2C)N=C1N. The number of aliphatic imine (C=N–C) groups is 1. The molecule has 0 saturated carbocycles. The Hall–Kier alpha value is -2.68. The lowest BCUT2D eigenvalue weighted by molar-refractivity contribution is -0.129. The molecule has 0 spiro atoms. The molecule has 2 aromatic carbocycles. The van der Waals surface area contributed by atoms with Gasteiger partial charge >= 0.3 is 0 Å². The molecule has 1 amide bonds. The molecule has 3 aromatic rings. The van der Waals surface area contributed by atoms with Gasteiger partial charge < -0.3 is 10.3 Å². The third-order valence-electron chi connectivity index (χ3n) is 4.82. The van der Waals surface area contributed by atoms with Crippen LogP contribution < -0.4 is 5.73 Å². The maximum absolute atomic E-state index is 13.3. The maximum Gasteiger partial charge on any atom is 0.269 e. The molecule has 0 aliphatic carbocycles. The molecular formula is C20H18IN5O. The largest absolute Gasteiger partial charge is 0.369 e. The van der Waals surface area contributed by atoms with Gasteiger partial charge in [-0.15, -0.1) is 0 Å². The number of hydrogen-bond donors (Lipinski definition) is 1. The van der Waals surface area contributed by atoms with Gasteiger partial charge in [-0.25, -0.2) is 9.98 Å².